The lowest BCUT2D eigenvalue weighted by molar-refractivity contribution is -0.131. The van der Waals surface area contributed by atoms with Gasteiger partial charge in [-0.05, 0) is 30.3 Å². The highest BCUT2D eigenvalue weighted by molar-refractivity contribution is 7.12. The van der Waals surface area contributed by atoms with Crippen molar-refractivity contribution >= 4 is 29.3 Å². The van der Waals surface area contributed by atoms with Gasteiger partial charge in [0.1, 0.15) is 0 Å². The fourth-order valence-corrected chi connectivity index (χ4v) is 2.36. The summed E-state index contributed by atoms with van der Waals surface area (Å²) in [6.07, 6.45) is 5.75. The predicted molar refractivity (Wildman–Crippen MR) is 76.4 cm³/mol. The van der Waals surface area contributed by atoms with Gasteiger partial charge in [-0.1, -0.05) is 0 Å². The number of carboxylic acids is 1. The van der Waals surface area contributed by atoms with Crippen molar-refractivity contribution in [1.29, 1.82) is 0 Å². The van der Waals surface area contributed by atoms with Gasteiger partial charge in [0.05, 0.1) is 6.54 Å². The summed E-state index contributed by atoms with van der Waals surface area (Å²) in [5.74, 6) is -1.14. The third kappa shape index (κ3) is 4.03. The van der Waals surface area contributed by atoms with Crippen LogP contribution >= 0.6 is 11.3 Å². The second kappa shape index (κ2) is 6.63. The lowest BCUT2D eigenvalue weighted by Crippen LogP contribution is -2.22. The van der Waals surface area contributed by atoms with Crippen molar-refractivity contribution < 1.29 is 14.7 Å². The molecule has 20 heavy (non-hydrogen) atoms. The maximum Gasteiger partial charge on any atom is 0.328 e. The van der Waals surface area contributed by atoms with Crippen LogP contribution in [0.2, 0.25) is 0 Å². The van der Waals surface area contributed by atoms with Crippen LogP contribution < -0.4 is 5.32 Å². The lowest BCUT2D eigenvalue weighted by atomic mass is 10.2. The molecule has 0 saturated heterocycles. The Kier molecular flexibility index (Phi) is 4.62. The van der Waals surface area contributed by atoms with E-state index in [0.717, 1.165) is 15.8 Å². The van der Waals surface area contributed by atoms with Gasteiger partial charge in [-0.3, -0.25) is 9.78 Å². The molecule has 0 atom stereocenters. The third-order valence-corrected chi connectivity index (χ3v) is 3.49. The van der Waals surface area contributed by atoms with Crippen molar-refractivity contribution in [3.63, 3.8) is 0 Å². The number of thiophene rings is 1. The quantitative estimate of drug-likeness (QED) is 0.826. The molecule has 102 valence electrons. The molecule has 0 unspecified atom stereocenters. The number of nitrogens with one attached hydrogen (secondary N) is 1. The molecule has 0 saturated carbocycles. The molecule has 0 aromatic carbocycles. The van der Waals surface area contributed by atoms with E-state index >= 15 is 0 Å². The van der Waals surface area contributed by atoms with Crippen LogP contribution in [0.5, 0.6) is 0 Å². The van der Waals surface area contributed by atoms with Gasteiger partial charge in [0.2, 0.25) is 0 Å². The molecular weight excluding hydrogens is 276 g/mol. The summed E-state index contributed by atoms with van der Waals surface area (Å²) in [5.41, 5.74) is 0.558. The zero-order chi connectivity index (χ0) is 14.4. The molecule has 0 radical (unpaired) electrons. The van der Waals surface area contributed by atoms with E-state index in [1.54, 1.807) is 24.5 Å². The molecule has 2 rings (SSSR count). The number of nitrogens with zero attached hydrogens (tertiary/aromatic N) is 1. The maximum absolute atomic E-state index is 11.8. The first kappa shape index (κ1) is 14.0. The summed E-state index contributed by atoms with van der Waals surface area (Å²) in [4.78, 5) is 27.9. The standard InChI is InChI=1S/C14H12N2O3S/c17-13(18)4-3-11-1-2-12(20-11)9-16-14(19)10-5-7-15-8-6-10/h1-8H,9H2,(H,16,19)(H,17,18). The first-order valence-electron chi connectivity index (χ1n) is 5.83. The summed E-state index contributed by atoms with van der Waals surface area (Å²) in [7, 11) is 0. The van der Waals surface area contributed by atoms with Gasteiger partial charge in [-0.2, -0.15) is 0 Å². The Bertz CT molecular complexity index is 635. The summed E-state index contributed by atoms with van der Waals surface area (Å²) in [5, 5.41) is 11.3. The van der Waals surface area contributed by atoms with Crippen molar-refractivity contribution in [3.8, 4) is 0 Å². The van der Waals surface area contributed by atoms with Gasteiger partial charge in [0, 0.05) is 33.8 Å². The van der Waals surface area contributed by atoms with Crippen molar-refractivity contribution in [2.45, 2.75) is 6.54 Å². The zero-order valence-corrected chi connectivity index (χ0v) is 11.3. The van der Waals surface area contributed by atoms with E-state index in [1.807, 2.05) is 12.1 Å². The number of rotatable bonds is 5. The number of amides is 1. The molecule has 2 aromatic rings. The highest BCUT2D eigenvalue weighted by atomic mass is 32.1. The smallest absolute Gasteiger partial charge is 0.328 e. The number of carbonyl (C=O) groups is 2. The lowest BCUT2D eigenvalue weighted by Gasteiger charge is -2.02. The van der Waals surface area contributed by atoms with Gasteiger partial charge >= 0.3 is 5.97 Å². The normalized spacial score (nSPS) is 10.6. The van der Waals surface area contributed by atoms with Gasteiger partial charge in [-0.25, -0.2) is 4.79 Å². The monoisotopic (exact) mass is 288 g/mol. The molecule has 0 bridgehead atoms. The number of aliphatic carboxylic acids is 1. The molecule has 2 heterocycles. The zero-order valence-electron chi connectivity index (χ0n) is 10.4. The summed E-state index contributed by atoms with van der Waals surface area (Å²) in [6, 6.07) is 6.96. The minimum atomic E-state index is -0.981. The SMILES string of the molecule is O=C(O)C=Cc1ccc(CNC(=O)c2ccncc2)s1. The Labute approximate surface area is 119 Å². The fraction of sp³-hybridized carbons (Fsp3) is 0.0714. The van der Waals surface area contributed by atoms with Crippen LogP contribution in [0.4, 0.5) is 0 Å². The van der Waals surface area contributed by atoms with Crippen LogP contribution in [-0.4, -0.2) is 22.0 Å². The summed E-state index contributed by atoms with van der Waals surface area (Å²) in [6.45, 7) is 0.409. The summed E-state index contributed by atoms with van der Waals surface area (Å²) < 4.78 is 0. The molecule has 0 fully saturated rings. The van der Waals surface area contributed by atoms with E-state index < -0.39 is 5.97 Å². The summed E-state index contributed by atoms with van der Waals surface area (Å²) >= 11 is 1.43. The average Bonchev–Trinajstić information content (AvgIpc) is 2.91. The van der Waals surface area contributed by atoms with Crippen molar-refractivity contribution in [3.05, 3.63) is 58.1 Å². The molecular formula is C14H12N2O3S. The van der Waals surface area contributed by atoms with Gasteiger partial charge in [0.15, 0.2) is 0 Å². The molecule has 0 aliphatic rings. The van der Waals surface area contributed by atoms with Crippen molar-refractivity contribution in [2.24, 2.45) is 0 Å². The van der Waals surface area contributed by atoms with Crippen LogP contribution in [0.1, 0.15) is 20.1 Å². The van der Waals surface area contributed by atoms with E-state index in [2.05, 4.69) is 10.3 Å². The average molecular weight is 288 g/mol. The van der Waals surface area contributed by atoms with Gasteiger partial charge in [0.25, 0.3) is 5.91 Å². The Morgan fingerprint density at radius 1 is 1.25 bits per heavy atom. The van der Waals surface area contributed by atoms with Crippen LogP contribution in [0, 0.1) is 0 Å². The molecule has 2 N–H and O–H groups in total. The van der Waals surface area contributed by atoms with Crippen molar-refractivity contribution in [2.75, 3.05) is 0 Å². The Balaban J connectivity index is 1.92. The Morgan fingerprint density at radius 2 is 2.00 bits per heavy atom. The molecule has 1 amide bonds. The fourth-order valence-electron chi connectivity index (χ4n) is 1.51. The highest BCUT2D eigenvalue weighted by Gasteiger charge is 2.05. The van der Waals surface area contributed by atoms with Gasteiger partial charge < -0.3 is 10.4 Å². The first-order valence-corrected chi connectivity index (χ1v) is 6.65. The van der Waals surface area contributed by atoms with E-state index in [1.165, 1.54) is 17.4 Å². The minimum absolute atomic E-state index is 0.163. The van der Waals surface area contributed by atoms with Gasteiger partial charge in [-0.15, -0.1) is 11.3 Å². The Morgan fingerprint density at radius 3 is 2.70 bits per heavy atom. The van der Waals surface area contributed by atoms with E-state index in [4.69, 9.17) is 5.11 Å². The van der Waals surface area contributed by atoms with Crippen LogP contribution in [0.25, 0.3) is 6.08 Å². The maximum atomic E-state index is 11.8. The topological polar surface area (TPSA) is 79.3 Å². The minimum Gasteiger partial charge on any atom is -0.478 e. The number of aromatic nitrogens is 1. The van der Waals surface area contributed by atoms with Crippen LogP contribution in [0.15, 0.2) is 42.7 Å². The largest absolute Gasteiger partial charge is 0.478 e. The van der Waals surface area contributed by atoms with E-state index in [-0.39, 0.29) is 5.91 Å². The molecule has 0 aliphatic heterocycles. The number of hydrogen-bond acceptors (Lipinski definition) is 4. The molecule has 0 spiro atoms. The molecule has 6 heteroatoms. The first-order chi connectivity index (χ1) is 9.65. The number of carbonyl (C=O) groups excluding carboxylic acids is 1. The van der Waals surface area contributed by atoms with Crippen molar-refractivity contribution in [1.82, 2.24) is 10.3 Å². The third-order valence-electron chi connectivity index (χ3n) is 2.44. The Hall–Kier alpha value is -2.47. The van der Waals surface area contributed by atoms with E-state index in [0.29, 0.717) is 12.1 Å². The second-order valence-electron chi connectivity index (χ2n) is 3.89. The highest BCUT2D eigenvalue weighted by Crippen LogP contribution is 2.17. The molecule has 2 aromatic heterocycles. The number of hydrogen-bond donors (Lipinski definition) is 2. The molecule has 0 aliphatic carbocycles. The molecule has 5 nitrogen and oxygen atoms in total. The second-order valence-corrected chi connectivity index (χ2v) is 5.09. The number of carboxylic acid groups (broad SMARTS) is 1. The van der Waals surface area contributed by atoms with Crippen LogP contribution in [-0.2, 0) is 11.3 Å². The van der Waals surface area contributed by atoms with E-state index in [9.17, 15) is 9.59 Å². The van der Waals surface area contributed by atoms with Crippen LogP contribution in [0.3, 0.4) is 0 Å². The number of pyridine rings is 1. The predicted octanol–water partition coefficient (Wildman–Crippen LogP) is 2.17.